The highest BCUT2D eigenvalue weighted by atomic mass is 35.5. The zero-order valence-corrected chi connectivity index (χ0v) is 13.0. The fourth-order valence-corrected chi connectivity index (χ4v) is 2.33. The third-order valence-corrected chi connectivity index (χ3v) is 3.63. The Morgan fingerprint density at radius 2 is 1.96 bits per heavy atom. The standard InChI is InChI=1S/C16H12ClFN4O2/c17-12-3-1-2-10(13(12)18)8-24-11-6-4-9(5-7-11)14-15(16(19)23)21-22-20-14/h1-7H,8H2,(H2,19,23)(H,20,21,22). The van der Waals surface area contributed by atoms with Crippen molar-refractivity contribution in [3.8, 4) is 17.0 Å². The summed E-state index contributed by atoms with van der Waals surface area (Å²) in [7, 11) is 0. The van der Waals surface area contributed by atoms with Crippen LogP contribution in [0.15, 0.2) is 42.5 Å². The number of nitrogens with one attached hydrogen (secondary N) is 1. The molecular formula is C16H12ClFN4O2. The molecule has 0 bridgehead atoms. The van der Waals surface area contributed by atoms with Gasteiger partial charge in [-0.05, 0) is 30.3 Å². The molecule has 2 aromatic carbocycles. The maximum absolute atomic E-state index is 13.8. The number of benzene rings is 2. The molecule has 0 atom stereocenters. The van der Waals surface area contributed by atoms with Crippen LogP contribution < -0.4 is 10.5 Å². The highest BCUT2D eigenvalue weighted by Crippen LogP contribution is 2.24. The Labute approximate surface area is 141 Å². The number of aromatic nitrogens is 3. The predicted octanol–water partition coefficient (Wildman–Crippen LogP) is 2.94. The topological polar surface area (TPSA) is 93.9 Å². The minimum Gasteiger partial charge on any atom is -0.489 e. The number of nitrogens with two attached hydrogens (primary N) is 1. The average molecular weight is 347 g/mol. The SMILES string of the molecule is NC(=O)c1n[nH]nc1-c1ccc(OCc2cccc(Cl)c2F)cc1. The molecule has 3 N–H and O–H groups in total. The van der Waals surface area contributed by atoms with Crippen molar-refractivity contribution in [3.63, 3.8) is 0 Å². The van der Waals surface area contributed by atoms with Crippen molar-refractivity contribution in [1.82, 2.24) is 15.4 Å². The number of rotatable bonds is 5. The van der Waals surface area contributed by atoms with E-state index in [4.69, 9.17) is 22.1 Å². The van der Waals surface area contributed by atoms with E-state index in [0.29, 0.717) is 22.6 Å². The molecule has 1 heterocycles. The summed E-state index contributed by atoms with van der Waals surface area (Å²) in [4.78, 5) is 11.3. The molecular weight excluding hydrogens is 335 g/mol. The minimum atomic E-state index is -0.671. The van der Waals surface area contributed by atoms with E-state index < -0.39 is 11.7 Å². The Morgan fingerprint density at radius 1 is 1.21 bits per heavy atom. The van der Waals surface area contributed by atoms with Crippen LogP contribution in [0, 0.1) is 5.82 Å². The summed E-state index contributed by atoms with van der Waals surface area (Å²) >= 11 is 5.73. The summed E-state index contributed by atoms with van der Waals surface area (Å²) in [5, 5.41) is 10.0. The van der Waals surface area contributed by atoms with Crippen LogP contribution in [0.1, 0.15) is 16.1 Å². The monoisotopic (exact) mass is 346 g/mol. The van der Waals surface area contributed by atoms with Gasteiger partial charge in [-0.3, -0.25) is 4.79 Å². The lowest BCUT2D eigenvalue weighted by atomic mass is 10.1. The first-order chi connectivity index (χ1) is 11.6. The molecule has 3 aromatic rings. The van der Waals surface area contributed by atoms with Crippen molar-refractivity contribution in [2.24, 2.45) is 5.73 Å². The Morgan fingerprint density at radius 3 is 2.67 bits per heavy atom. The van der Waals surface area contributed by atoms with Crippen molar-refractivity contribution in [2.45, 2.75) is 6.61 Å². The summed E-state index contributed by atoms with van der Waals surface area (Å²) in [6.45, 7) is 0.0439. The number of ether oxygens (including phenoxy) is 1. The fourth-order valence-electron chi connectivity index (χ4n) is 2.13. The first-order valence-corrected chi connectivity index (χ1v) is 7.30. The van der Waals surface area contributed by atoms with Gasteiger partial charge in [0.1, 0.15) is 23.9 Å². The largest absolute Gasteiger partial charge is 0.489 e. The van der Waals surface area contributed by atoms with Crippen LogP contribution in [0.3, 0.4) is 0 Å². The smallest absolute Gasteiger partial charge is 0.271 e. The van der Waals surface area contributed by atoms with Gasteiger partial charge in [0, 0.05) is 11.1 Å². The van der Waals surface area contributed by atoms with Crippen LogP contribution >= 0.6 is 11.6 Å². The third kappa shape index (κ3) is 3.21. The molecule has 122 valence electrons. The third-order valence-electron chi connectivity index (χ3n) is 3.33. The number of H-pyrrole nitrogens is 1. The van der Waals surface area contributed by atoms with Crippen molar-refractivity contribution in [1.29, 1.82) is 0 Å². The zero-order valence-electron chi connectivity index (χ0n) is 12.3. The summed E-state index contributed by atoms with van der Waals surface area (Å²) < 4.78 is 19.3. The molecule has 6 nitrogen and oxygen atoms in total. The lowest BCUT2D eigenvalue weighted by Crippen LogP contribution is -2.12. The molecule has 0 saturated carbocycles. The summed E-state index contributed by atoms with van der Waals surface area (Å²) in [5.41, 5.74) is 6.66. The molecule has 1 aromatic heterocycles. The predicted molar refractivity (Wildman–Crippen MR) is 86.1 cm³/mol. The van der Waals surface area contributed by atoms with Gasteiger partial charge in [-0.2, -0.15) is 15.4 Å². The molecule has 3 rings (SSSR count). The molecule has 0 aliphatic carbocycles. The second-order valence-electron chi connectivity index (χ2n) is 4.91. The van der Waals surface area contributed by atoms with Gasteiger partial charge in [-0.25, -0.2) is 4.39 Å². The van der Waals surface area contributed by atoms with Crippen LogP contribution in [0.4, 0.5) is 4.39 Å². The molecule has 0 aliphatic rings. The molecule has 0 fully saturated rings. The average Bonchev–Trinajstić information content (AvgIpc) is 3.07. The highest BCUT2D eigenvalue weighted by Gasteiger charge is 2.15. The molecule has 0 radical (unpaired) electrons. The summed E-state index contributed by atoms with van der Waals surface area (Å²) in [6.07, 6.45) is 0. The minimum absolute atomic E-state index is 0.0439. The van der Waals surface area contributed by atoms with Crippen molar-refractivity contribution in [2.75, 3.05) is 0 Å². The van der Waals surface area contributed by atoms with Gasteiger partial charge in [-0.1, -0.05) is 23.7 Å². The van der Waals surface area contributed by atoms with Crippen molar-refractivity contribution < 1.29 is 13.9 Å². The van der Waals surface area contributed by atoms with E-state index in [-0.39, 0.29) is 17.3 Å². The van der Waals surface area contributed by atoms with Gasteiger partial charge in [0.05, 0.1) is 5.02 Å². The Bertz CT molecular complexity index is 880. The van der Waals surface area contributed by atoms with Gasteiger partial charge in [-0.15, -0.1) is 0 Å². The molecule has 0 unspecified atom stereocenters. The number of carbonyl (C=O) groups is 1. The van der Waals surface area contributed by atoms with Crippen LogP contribution in [-0.4, -0.2) is 21.3 Å². The van der Waals surface area contributed by atoms with E-state index in [1.54, 1.807) is 36.4 Å². The first kappa shape index (κ1) is 15.9. The Kier molecular flexibility index (Phi) is 4.43. The van der Waals surface area contributed by atoms with Gasteiger partial charge in [0.25, 0.3) is 5.91 Å². The van der Waals surface area contributed by atoms with Gasteiger partial charge < -0.3 is 10.5 Å². The van der Waals surface area contributed by atoms with E-state index in [1.807, 2.05) is 0 Å². The quantitative estimate of drug-likeness (QED) is 0.742. The first-order valence-electron chi connectivity index (χ1n) is 6.93. The van der Waals surface area contributed by atoms with Crippen LogP contribution in [0.25, 0.3) is 11.3 Å². The number of aromatic amines is 1. The van der Waals surface area contributed by atoms with E-state index in [0.717, 1.165) is 0 Å². The van der Waals surface area contributed by atoms with E-state index in [9.17, 15) is 9.18 Å². The number of nitrogens with zero attached hydrogens (tertiary/aromatic N) is 2. The van der Waals surface area contributed by atoms with Crippen molar-refractivity contribution in [3.05, 3.63) is 64.6 Å². The molecule has 24 heavy (non-hydrogen) atoms. The maximum Gasteiger partial charge on any atom is 0.271 e. The molecule has 1 amide bonds. The maximum atomic E-state index is 13.8. The van der Waals surface area contributed by atoms with Crippen LogP contribution in [0.2, 0.25) is 5.02 Å². The fraction of sp³-hybridized carbons (Fsp3) is 0.0625. The van der Waals surface area contributed by atoms with Crippen LogP contribution in [-0.2, 0) is 6.61 Å². The molecule has 0 spiro atoms. The van der Waals surface area contributed by atoms with Gasteiger partial charge in [0.2, 0.25) is 0 Å². The normalized spacial score (nSPS) is 10.6. The van der Waals surface area contributed by atoms with E-state index in [2.05, 4.69) is 15.4 Å². The van der Waals surface area contributed by atoms with E-state index in [1.165, 1.54) is 6.07 Å². The number of halogens is 2. The number of primary amides is 1. The molecule has 0 saturated heterocycles. The van der Waals surface area contributed by atoms with Crippen LogP contribution in [0.5, 0.6) is 5.75 Å². The van der Waals surface area contributed by atoms with Gasteiger partial charge in [0.15, 0.2) is 5.69 Å². The Hall–Kier alpha value is -2.93. The van der Waals surface area contributed by atoms with Crippen molar-refractivity contribution >= 4 is 17.5 Å². The Balaban J connectivity index is 1.74. The molecule has 0 aliphatic heterocycles. The molecule has 8 heteroatoms. The highest BCUT2D eigenvalue weighted by molar-refractivity contribution is 6.30. The van der Waals surface area contributed by atoms with Gasteiger partial charge >= 0.3 is 0 Å². The number of carbonyl (C=O) groups excluding carboxylic acids is 1. The number of hydrogen-bond acceptors (Lipinski definition) is 4. The second kappa shape index (κ2) is 6.67. The lowest BCUT2D eigenvalue weighted by molar-refractivity contribution is 0.0996. The number of amides is 1. The zero-order chi connectivity index (χ0) is 17.1. The van der Waals surface area contributed by atoms with E-state index >= 15 is 0 Å². The lowest BCUT2D eigenvalue weighted by Gasteiger charge is -2.08. The summed E-state index contributed by atoms with van der Waals surface area (Å²) in [6, 6.07) is 11.5. The second-order valence-corrected chi connectivity index (χ2v) is 5.32. The number of hydrogen-bond donors (Lipinski definition) is 2. The summed E-state index contributed by atoms with van der Waals surface area (Å²) in [5.74, 6) is -0.637.